The van der Waals surface area contributed by atoms with Crippen LogP contribution in [0.2, 0.25) is 0 Å². The van der Waals surface area contributed by atoms with Gasteiger partial charge in [0.1, 0.15) is 0 Å². The van der Waals surface area contributed by atoms with Gasteiger partial charge in [0.05, 0.1) is 21.3 Å². The number of carbonyl (C=O) groups is 1. The zero-order chi connectivity index (χ0) is 19.2. The summed E-state index contributed by atoms with van der Waals surface area (Å²) in [6.07, 6.45) is 0. The summed E-state index contributed by atoms with van der Waals surface area (Å²) >= 11 is 0. The molecular weight excluding hydrogens is 380 g/mol. The molecule has 0 aromatic heterocycles. The van der Waals surface area contributed by atoms with Gasteiger partial charge >= 0.3 is 0 Å². The Kier molecular flexibility index (Phi) is 7.96. The topological polar surface area (TPSA) is 51.2 Å². The second-order valence-corrected chi connectivity index (χ2v) is 6.47. The van der Waals surface area contributed by atoms with E-state index in [1.54, 1.807) is 21.3 Å². The lowest BCUT2D eigenvalue weighted by molar-refractivity contribution is 0.0628. The molecule has 0 atom stereocenters. The molecule has 1 amide bonds. The highest BCUT2D eigenvalue weighted by Crippen LogP contribution is 2.38. The van der Waals surface area contributed by atoms with Gasteiger partial charge in [-0.25, -0.2) is 0 Å². The van der Waals surface area contributed by atoms with Gasteiger partial charge in [0.25, 0.3) is 5.91 Å². The average molecular weight is 407 g/mol. The molecule has 1 aliphatic rings. The Hall–Kier alpha value is -2.44. The van der Waals surface area contributed by atoms with Crippen LogP contribution in [0.3, 0.4) is 0 Å². The summed E-state index contributed by atoms with van der Waals surface area (Å²) < 4.78 is 16.2. The van der Waals surface area contributed by atoms with Crippen LogP contribution >= 0.6 is 12.4 Å². The van der Waals surface area contributed by atoms with E-state index in [1.165, 1.54) is 0 Å². The van der Waals surface area contributed by atoms with Crippen molar-refractivity contribution in [2.75, 3.05) is 47.5 Å². The second kappa shape index (κ2) is 10.2. The van der Waals surface area contributed by atoms with E-state index in [0.29, 0.717) is 17.2 Å². The van der Waals surface area contributed by atoms with Gasteiger partial charge < -0.3 is 19.1 Å². The molecule has 0 radical (unpaired) electrons. The minimum absolute atomic E-state index is 0. The SMILES string of the molecule is COc1cc(CN2CCN(C(=O)c3ccccc3)CC2)cc(OC)c1OC.Cl. The monoisotopic (exact) mass is 406 g/mol. The standard InChI is InChI=1S/C21H26N2O4.ClH/c1-25-18-13-16(14-19(26-2)20(18)27-3)15-22-9-11-23(12-10-22)21(24)17-7-5-4-6-8-17;/h4-8,13-14H,9-12,15H2,1-3H3;1H. The maximum Gasteiger partial charge on any atom is 0.253 e. The van der Waals surface area contributed by atoms with Gasteiger partial charge in [-0.2, -0.15) is 0 Å². The normalized spacial score (nSPS) is 14.2. The molecule has 2 aromatic rings. The minimum atomic E-state index is 0. The Balaban J connectivity index is 0.00000280. The molecule has 6 nitrogen and oxygen atoms in total. The third-order valence-electron chi connectivity index (χ3n) is 4.81. The summed E-state index contributed by atoms with van der Waals surface area (Å²) in [7, 11) is 4.84. The highest BCUT2D eigenvalue weighted by atomic mass is 35.5. The molecule has 1 fully saturated rings. The van der Waals surface area contributed by atoms with Crippen molar-refractivity contribution in [1.29, 1.82) is 0 Å². The molecule has 28 heavy (non-hydrogen) atoms. The summed E-state index contributed by atoms with van der Waals surface area (Å²) in [5, 5.41) is 0. The van der Waals surface area contributed by atoms with Gasteiger partial charge in [-0.3, -0.25) is 9.69 Å². The molecule has 1 aliphatic heterocycles. The van der Waals surface area contributed by atoms with Gasteiger partial charge in [0.15, 0.2) is 11.5 Å². The molecule has 1 saturated heterocycles. The number of halogens is 1. The van der Waals surface area contributed by atoms with Crippen molar-refractivity contribution in [1.82, 2.24) is 9.80 Å². The average Bonchev–Trinajstić information content (AvgIpc) is 2.73. The maximum atomic E-state index is 12.6. The first kappa shape index (κ1) is 21.9. The molecule has 0 unspecified atom stereocenters. The van der Waals surface area contributed by atoms with E-state index in [-0.39, 0.29) is 18.3 Å². The molecule has 0 saturated carbocycles. The Morgan fingerprint density at radius 3 is 1.96 bits per heavy atom. The zero-order valence-corrected chi connectivity index (χ0v) is 17.3. The molecule has 3 rings (SSSR count). The molecule has 152 valence electrons. The fourth-order valence-corrected chi connectivity index (χ4v) is 3.36. The number of rotatable bonds is 6. The van der Waals surface area contributed by atoms with Crippen molar-refractivity contribution in [2.24, 2.45) is 0 Å². The summed E-state index contributed by atoms with van der Waals surface area (Å²) in [4.78, 5) is 16.8. The van der Waals surface area contributed by atoms with Crippen LogP contribution in [0.25, 0.3) is 0 Å². The number of amides is 1. The minimum Gasteiger partial charge on any atom is -0.493 e. The van der Waals surface area contributed by atoms with Crippen molar-refractivity contribution >= 4 is 18.3 Å². The molecule has 0 bridgehead atoms. The van der Waals surface area contributed by atoms with Crippen molar-refractivity contribution in [3.8, 4) is 17.2 Å². The number of piperazine rings is 1. The van der Waals surface area contributed by atoms with Crippen LogP contribution in [0.15, 0.2) is 42.5 Å². The summed E-state index contributed by atoms with van der Waals surface area (Å²) in [5.41, 5.74) is 1.84. The lowest BCUT2D eigenvalue weighted by atomic mass is 10.1. The molecular formula is C21H27ClN2O4. The summed E-state index contributed by atoms with van der Waals surface area (Å²) in [6.45, 7) is 3.87. The summed E-state index contributed by atoms with van der Waals surface area (Å²) in [6, 6.07) is 13.4. The number of ether oxygens (including phenoxy) is 3. The first-order valence-electron chi connectivity index (χ1n) is 9.01. The second-order valence-electron chi connectivity index (χ2n) is 6.47. The van der Waals surface area contributed by atoms with E-state index in [0.717, 1.165) is 43.9 Å². The fraction of sp³-hybridized carbons (Fsp3) is 0.381. The van der Waals surface area contributed by atoms with Crippen molar-refractivity contribution in [3.63, 3.8) is 0 Å². The number of hydrogen-bond acceptors (Lipinski definition) is 5. The maximum absolute atomic E-state index is 12.6. The Morgan fingerprint density at radius 1 is 0.893 bits per heavy atom. The Labute approximate surface area is 172 Å². The number of carbonyl (C=O) groups excluding carboxylic acids is 1. The predicted molar refractivity (Wildman–Crippen MR) is 111 cm³/mol. The smallest absolute Gasteiger partial charge is 0.253 e. The molecule has 1 heterocycles. The number of hydrogen-bond donors (Lipinski definition) is 0. The number of benzene rings is 2. The van der Waals surface area contributed by atoms with E-state index >= 15 is 0 Å². The van der Waals surface area contributed by atoms with Gasteiger partial charge in [-0.15, -0.1) is 12.4 Å². The van der Waals surface area contributed by atoms with Crippen LogP contribution in [0.5, 0.6) is 17.2 Å². The lowest BCUT2D eigenvalue weighted by Gasteiger charge is -2.35. The zero-order valence-electron chi connectivity index (χ0n) is 16.5. The van der Waals surface area contributed by atoms with Crippen LogP contribution in [0, 0.1) is 0 Å². The van der Waals surface area contributed by atoms with E-state index in [1.807, 2.05) is 47.4 Å². The van der Waals surface area contributed by atoms with E-state index in [4.69, 9.17) is 14.2 Å². The van der Waals surface area contributed by atoms with Crippen molar-refractivity contribution in [2.45, 2.75) is 6.54 Å². The fourth-order valence-electron chi connectivity index (χ4n) is 3.36. The van der Waals surface area contributed by atoms with Crippen molar-refractivity contribution in [3.05, 3.63) is 53.6 Å². The molecule has 7 heteroatoms. The lowest BCUT2D eigenvalue weighted by Crippen LogP contribution is -2.48. The number of nitrogens with zero attached hydrogens (tertiary/aromatic N) is 2. The molecule has 0 N–H and O–H groups in total. The quantitative estimate of drug-likeness (QED) is 0.737. The van der Waals surface area contributed by atoms with Gasteiger partial charge in [-0.1, -0.05) is 18.2 Å². The van der Waals surface area contributed by atoms with Crippen LogP contribution < -0.4 is 14.2 Å². The van der Waals surface area contributed by atoms with Crippen LogP contribution in [-0.2, 0) is 6.54 Å². The van der Waals surface area contributed by atoms with Gasteiger partial charge in [0, 0.05) is 38.3 Å². The van der Waals surface area contributed by atoms with E-state index in [2.05, 4.69) is 4.90 Å². The Morgan fingerprint density at radius 2 is 1.46 bits per heavy atom. The molecule has 0 spiro atoms. The van der Waals surface area contributed by atoms with Gasteiger partial charge in [-0.05, 0) is 29.8 Å². The number of methoxy groups -OCH3 is 3. The van der Waals surface area contributed by atoms with Crippen LogP contribution in [0.1, 0.15) is 15.9 Å². The third-order valence-corrected chi connectivity index (χ3v) is 4.81. The summed E-state index contributed by atoms with van der Waals surface area (Å²) in [5.74, 6) is 2.01. The third kappa shape index (κ3) is 4.88. The molecule has 0 aliphatic carbocycles. The van der Waals surface area contributed by atoms with Crippen molar-refractivity contribution < 1.29 is 19.0 Å². The highest BCUT2D eigenvalue weighted by molar-refractivity contribution is 5.94. The van der Waals surface area contributed by atoms with Gasteiger partial charge in [0.2, 0.25) is 5.75 Å². The first-order valence-corrected chi connectivity index (χ1v) is 9.01. The van der Waals surface area contributed by atoms with E-state index < -0.39 is 0 Å². The van der Waals surface area contributed by atoms with Crippen LogP contribution in [0.4, 0.5) is 0 Å². The molecule has 2 aromatic carbocycles. The van der Waals surface area contributed by atoms with E-state index in [9.17, 15) is 4.79 Å². The van der Waals surface area contributed by atoms with Crippen LogP contribution in [-0.4, -0.2) is 63.2 Å². The predicted octanol–water partition coefficient (Wildman–Crippen LogP) is 3.09. The highest BCUT2D eigenvalue weighted by Gasteiger charge is 2.23. The largest absolute Gasteiger partial charge is 0.493 e. The first-order chi connectivity index (χ1) is 13.2. The Bertz CT molecular complexity index is 752.